The maximum atomic E-state index is 14.8. The highest BCUT2D eigenvalue weighted by atomic mass is 31.3. The van der Waals surface area contributed by atoms with Crippen LogP contribution in [0, 0.1) is 0 Å². The molecular formula is C18H25F2N2O14P3. The number of phosphoric acid groups is 3. The third-order valence-corrected chi connectivity index (χ3v) is 9.11. The van der Waals surface area contributed by atoms with Crippen LogP contribution in [0.3, 0.4) is 0 Å². The molecular weight excluding hydrogens is 599 g/mol. The van der Waals surface area contributed by atoms with Crippen LogP contribution < -0.4 is 0 Å². The Morgan fingerprint density at radius 2 is 1.64 bits per heavy atom. The summed E-state index contributed by atoms with van der Waals surface area (Å²) in [6.07, 6.45) is -5.90. The summed E-state index contributed by atoms with van der Waals surface area (Å²) in [6, 6.07) is 5.73. The fourth-order valence-corrected chi connectivity index (χ4v) is 6.78. The van der Waals surface area contributed by atoms with E-state index in [4.69, 9.17) is 14.5 Å². The number of rotatable bonds is 11. The topological polar surface area (TPSA) is 233 Å². The highest BCUT2D eigenvalue weighted by molar-refractivity contribution is 7.66. The van der Waals surface area contributed by atoms with Gasteiger partial charge in [-0.05, 0) is 12.5 Å². The molecule has 0 bridgehead atoms. The largest absolute Gasteiger partial charge is 0.490 e. The Bertz CT molecular complexity index is 1230. The quantitative estimate of drug-likeness (QED) is 0.190. The Morgan fingerprint density at radius 1 is 1.03 bits per heavy atom. The fourth-order valence-electron chi connectivity index (χ4n) is 3.75. The average Bonchev–Trinajstić information content (AvgIpc) is 3.06. The smallest absolute Gasteiger partial charge is 0.387 e. The average molecular weight is 624 g/mol. The maximum absolute atomic E-state index is 14.8. The number of hydrogen-bond donors (Lipinski definition) is 6. The van der Waals surface area contributed by atoms with Crippen molar-refractivity contribution in [2.24, 2.45) is 0 Å². The van der Waals surface area contributed by atoms with Crippen LogP contribution >= 0.6 is 23.5 Å². The lowest BCUT2D eigenvalue weighted by molar-refractivity contribution is -0.0766. The van der Waals surface area contributed by atoms with Crippen molar-refractivity contribution >= 4 is 29.5 Å². The number of phosphoric ester groups is 1. The minimum absolute atomic E-state index is 0.182. The molecule has 6 N–H and O–H groups in total. The molecule has 3 rings (SSSR count). The first-order chi connectivity index (χ1) is 17.8. The molecule has 0 radical (unpaired) electrons. The van der Waals surface area contributed by atoms with Crippen molar-refractivity contribution in [2.45, 2.75) is 37.4 Å². The van der Waals surface area contributed by atoms with Crippen LogP contribution in [0.25, 0.3) is 0 Å². The molecule has 2 aliphatic rings. The number of aliphatic hydroxyl groups is 2. The molecule has 39 heavy (non-hydrogen) atoms. The Kier molecular flexibility index (Phi) is 9.57. The number of ether oxygens (including phenoxy) is 1. The number of urea groups is 1. The zero-order chi connectivity index (χ0) is 29.4. The molecule has 2 aliphatic heterocycles. The Hall–Kier alpha value is -1.62. The van der Waals surface area contributed by atoms with Gasteiger partial charge in [0, 0.05) is 18.3 Å². The van der Waals surface area contributed by atoms with E-state index in [1.54, 1.807) is 6.07 Å². The van der Waals surface area contributed by atoms with Gasteiger partial charge < -0.3 is 39.4 Å². The summed E-state index contributed by atoms with van der Waals surface area (Å²) in [5.41, 5.74) is 0.0658. The molecule has 2 unspecified atom stereocenters. The normalized spacial score (nSPS) is 27.7. The predicted molar refractivity (Wildman–Crippen MR) is 123 cm³/mol. The van der Waals surface area contributed by atoms with Gasteiger partial charge >= 0.3 is 29.5 Å². The molecule has 0 aliphatic carbocycles. The van der Waals surface area contributed by atoms with Gasteiger partial charge in [-0.15, -0.1) is 0 Å². The number of hydrogen-bond acceptors (Lipinski definition) is 10. The highest BCUT2D eigenvalue weighted by Gasteiger charge is 2.50. The SMILES string of the molecule is CC1=CN([C@@H]2O[C@H](COP(=O)(O)OP(=O)(O)OP(=O)(O)O)[C@H](O)[C@@H]2O)C(=O)N(CC(F)(F)c2ccccc2)C1. The monoisotopic (exact) mass is 624 g/mol. The van der Waals surface area contributed by atoms with Crippen molar-refractivity contribution in [1.82, 2.24) is 9.80 Å². The van der Waals surface area contributed by atoms with E-state index in [2.05, 4.69) is 13.1 Å². The van der Waals surface area contributed by atoms with Gasteiger partial charge in [0.1, 0.15) is 18.3 Å². The number of aliphatic hydroxyl groups excluding tert-OH is 2. The number of halogens is 2. The van der Waals surface area contributed by atoms with Gasteiger partial charge in [0.05, 0.1) is 13.2 Å². The van der Waals surface area contributed by atoms with Gasteiger partial charge in [0.25, 0.3) is 5.92 Å². The molecule has 2 heterocycles. The third kappa shape index (κ3) is 8.44. The number of alkyl halides is 2. The molecule has 1 aromatic carbocycles. The first-order valence-corrected chi connectivity index (χ1v) is 15.3. The summed E-state index contributed by atoms with van der Waals surface area (Å²) in [5.74, 6) is -3.44. The van der Waals surface area contributed by atoms with E-state index in [-0.39, 0.29) is 12.1 Å². The van der Waals surface area contributed by atoms with Crippen LogP contribution in [0.15, 0.2) is 42.1 Å². The molecule has 6 atom stereocenters. The number of carbonyl (C=O) groups excluding carboxylic acids is 1. The Labute approximate surface area is 219 Å². The van der Waals surface area contributed by atoms with Crippen molar-refractivity contribution in [2.75, 3.05) is 19.7 Å². The molecule has 1 saturated heterocycles. The predicted octanol–water partition coefficient (Wildman–Crippen LogP) is 1.21. The summed E-state index contributed by atoms with van der Waals surface area (Å²) >= 11 is 0. The minimum atomic E-state index is -5.80. The summed E-state index contributed by atoms with van der Waals surface area (Å²) in [5, 5.41) is 20.8. The molecule has 0 aromatic heterocycles. The lowest BCUT2D eigenvalue weighted by Crippen LogP contribution is -2.54. The van der Waals surface area contributed by atoms with Gasteiger partial charge in [-0.3, -0.25) is 9.42 Å². The first-order valence-electron chi connectivity index (χ1n) is 10.8. The van der Waals surface area contributed by atoms with E-state index in [0.717, 1.165) is 9.80 Å². The highest BCUT2D eigenvalue weighted by Crippen LogP contribution is 2.66. The van der Waals surface area contributed by atoms with Crippen molar-refractivity contribution in [1.29, 1.82) is 0 Å². The second-order valence-electron chi connectivity index (χ2n) is 8.52. The van der Waals surface area contributed by atoms with Crippen LogP contribution in [0.1, 0.15) is 12.5 Å². The van der Waals surface area contributed by atoms with Crippen molar-refractivity contribution in [3.63, 3.8) is 0 Å². The second kappa shape index (κ2) is 11.7. The summed E-state index contributed by atoms with van der Waals surface area (Å²) in [7, 11) is -17.0. The first kappa shape index (κ1) is 31.9. The lowest BCUT2D eigenvalue weighted by atomic mass is 10.1. The zero-order valence-electron chi connectivity index (χ0n) is 19.8. The van der Waals surface area contributed by atoms with E-state index >= 15 is 0 Å². The molecule has 1 fully saturated rings. The lowest BCUT2D eigenvalue weighted by Gasteiger charge is -2.38. The van der Waals surface area contributed by atoms with Crippen LogP contribution in [0.5, 0.6) is 0 Å². The maximum Gasteiger partial charge on any atom is 0.490 e. The van der Waals surface area contributed by atoms with Gasteiger partial charge in [0.2, 0.25) is 0 Å². The van der Waals surface area contributed by atoms with E-state index in [9.17, 15) is 47.3 Å². The number of benzene rings is 1. The van der Waals surface area contributed by atoms with Gasteiger partial charge in [-0.2, -0.15) is 17.4 Å². The van der Waals surface area contributed by atoms with E-state index in [1.165, 1.54) is 37.4 Å². The Morgan fingerprint density at radius 3 is 2.23 bits per heavy atom. The molecule has 1 aromatic rings. The molecule has 16 nitrogen and oxygen atoms in total. The van der Waals surface area contributed by atoms with E-state index in [0.29, 0.717) is 5.57 Å². The third-order valence-electron chi connectivity index (χ3n) is 5.31. The van der Waals surface area contributed by atoms with Crippen molar-refractivity contribution in [3.05, 3.63) is 47.7 Å². The molecule has 0 saturated carbocycles. The number of carbonyl (C=O) groups is 1. The minimum Gasteiger partial charge on any atom is -0.387 e. The van der Waals surface area contributed by atoms with Crippen LogP contribution in [0.4, 0.5) is 13.6 Å². The van der Waals surface area contributed by atoms with Crippen LogP contribution in [-0.4, -0.2) is 89.9 Å². The Balaban J connectivity index is 1.68. The van der Waals surface area contributed by atoms with Gasteiger partial charge in [-0.25, -0.2) is 18.5 Å². The summed E-state index contributed by atoms with van der Waals surface area (Å²) < 4.78 is 80.6. The molecule has 21 heteroatoms. The summed E-state index contributed by atoms with van der Waals surface area (Å²) in [4.78, 5) is 50.5. The molecule has 0 spiro atoms. The zero-order valence-corrected chi connectivity index (χ0v) is 22.5. The van der Waals surface area contributed by atoms with E-state index < -0.39 is 73.1 Å². The number of nitrogens with zero attached hydrogens (tertiary/aromatic N) is 2. The van der Waals surface area contributed by atoms with Crippen LogP contribution in [-0.2, 0) is 37.5 Å². The van der Waals surface area contributed by atoms with Gasteiger partial charge in [-0.1, -0.05) is 30.3 Å². The molecule has 2 amide bonds. The van der Waals surface area contributed by atoms with Crippen molar-refractivity contribution in [3.8, 4) is 0 Å². The van der Waals surface area contributed by atoms with Crippen molar-refractivity contribution < 1.29 is 74.9 Å². The second-order valence-corrected chi connectivity index (χ2v) is 12.9. The van der Waals surface area contributed by atoms with E-state index in [1.807, 2.05) is 0 Å². The van der Waals surface area contributed by atoms with Crippen LogP contribution in [0.2, 0.25) is 0 Å². The summed E-state index contributed by atoms with van der Waals surface area (Å²) in [6.45, 7) is -0.812. The standard InChI is InChI=1S/C18H25F2N2O14P3/c1-11-7-21(10-18(19,20)12-5-3-2-4-6-12)17(25)22(8-11)16-15(24)14(23)13(34-16)9-33-38(29,30)36-39(31,32)35-37(26,27)28/h2-6,8,13-16,23-24H,7,9-10H2,1H3,(H,29,30)(H,31,32)(H2,26,27,28)/t13-,14+,15+,16-/m1/s1. The molecule has 220 valence electrons. The fraction of sp³-hybridized carbons (Fsp3) is 0.500. The van der Waals surface area contributed by atoms with Gasteiger partial charge in [0.15, 0.2) is 6.23 Å². The number of amides is 2.